The van der Waals surface area contributed by atoms with Gasteiger partial charge in [0.1, 0.15) is 5.76 Å². The Kier molecular flexibility index (Phi) is 5.56. The summed E-state index contributed by atoms with van der Waals surface area (Å²) in [6, 6.07) is 4.03. The second-order valence-electron chi connectivity index (χ2n) is 6.63. The summed E-state index contributed by atoms with van der Waals surface area (Å²) < 4.78 is 5.56. The van der Waals surface area contributed by atoms with Crippen LogP contribution in [0.15, 0.2) is 22.8 Å². The van der Waals surface area contributed by atoms with Crippen LogP contribution in [-0.2, 0) is 0 Å². The number of nitrogens with zero attached hydrogens (tertiary/aromatic N) is 1. The second kappa shape index (κ2) is 7.84. The van der Waals surface area contributed by atoms with Crippen molar-refractivity contribution < 1.29 is 14.3 Å². The summed E-state index contributed by atoms with van der Waals surface area (Å²) in [6.07, 6.45) is 7.13. The van der Waals surface area contributed by atoms with E-state index in [-0.39, 0.29) is 24.2 Å². The van der Waals surface area contributed by atoms with Gasteiger partial charge in [-0.05, 0) is 63.7 Å². The first-order chi connectivity index (χ1) is 11.2. The van der Waals surface area contributed by atoms with Crippen LogP contribution in [0.3, 0.4) is 0 Å². The molecule has 128 valence electrons. The molecule has 1 saturated carbocycles. The van der Waals surface area contributed by atoms with Crippen molar-refractivity contribution in [3.8, 4) is 0 Å². The highest BCUT2D eigenvalue weighted by Gasteiger charge is 2.26. The largest absolute Gasteiger partial charge is 0.468 e. The van der Waals surface area contributed by atoms with E-state index >= 15 is 0 Å². The number of amides is 2. The Morgan fingerprint density at radius 2 is 2.04 bits per heavy atom. The van der Waals surface area contributed by atoms with Crippen LogP contribution >= 0.6 is 0 Å². The first-order valence-corrected chi connectivity index (χ1v) is 8.72. The van der Waals surface area contributed by atoms with E-state index < -0.39 is 0 Å². The molecule has 3 rings (SSSR count). The molecular formula is C17H27N3O3. The zero-order chi connectivity index (χ0) is 16.1. The Labute approximate surface area is 137 Å². The minimum Gasteiger partial charge on any atom is -0.468 e. The predicted octanol–water partition coefficient (Wildman–Crippen LogP) is 2.02. The van der Waals surface area contributed by atoms with E-state index in [0.29, 0.717) is 6.54 Å². The summed E-state index contributed by atoms with van der Waals surface area (Å²) in [4.78, 5) is 14.5. The van der Waals surface area contributed by atoms with Crippen molar-refractivity contribution in [3.63, 3.8) is 0 Å². The van der Waals surface area contributed by atoms with E-state index in [4.69, 9.17) is 4.42 Å². The number of hydrogen-bond acceptors (Lipinski definition) is 4. The Bertz CT molecular complexity index is 477. The SMILES string of the molecule is O=C(NC[C@@H](c1ccco1)N1CCCC1)NC1CCC(O)CC1. The normalized spacial score (nSPS) is 26.8. The van der Waals surface area contributed by atoms with E-state index in [2.05, 4.69) is 15.5 Å². The minimum absolute atomic E-state index is 0.103. The average Bonchev–Trinajstić information content (AvgIpc) is 3.24. The fourth-order valence-corrected chi connectivity index (χ4v) is 3.59. The lowest BCUT2D eigenvalue weighted by Crippen LogP contribution is -2.46. The van der Waals surface area contributed by atoms with Gasteiger partial charge in [-0.2, -0.15) is 0 Å². The number of urea groups is 1. The van der Waals surface area contributed by atoms with Gasteiger partial charge in [0.15, 0.2) is 0 Å². The molecule has 1 aromatic rings. The Morgan fingerprint density at radius 1 is 1.30 bits per heavy atom. The molecule has 1 aromatic heterocycles. The predicted molar refractivity (Wildman–Crippen MR) is 87.1 cm³/mol. The summed E-state index contributed by atoms with van der Waals surface area (Å²) in [5.74, 6) is 0.910. The van der Waals surface area contributed by atoms with Gasteiger partial charge in [0, 0.05) is 12.6 Å². The van der Waals surface area contributed by atoms with E-state index in [0.717, 1.165) is 44.5 Å². The van der Waals surface area contributed by atoms with Crippen LogP contribution in [0.25, 0.3) is 0 Å². The monoisotopic (exact) mass is 321 g/mol. The number of furan rings is 1. The van der Waals surface area contributed by atoms with E-state index in [9.17, 15) is 9.90 Å². The Balaban J connectivity index is 1.49. The van der Waals surface area contributed by atoms with Crippen molar-refractivity contribution in [1.29, 1.82) is 0 Å². The molecule has 6 nitrogen and oxygen atoms in total. The molecule has 1 aliphatic heterocycles. The van der Waals surface area contributed by atoms with Gasteiger partial charge in [-0.15, -0.1) is 0 Å². The number of rotatable bonds is 5. The highest BCUT2D eigenvalue weighted by molar-refractivity contribution is 5.74. The summed E-state index contributed by atoms with van der Waals surface area (Å²) >= 11 is 0. The number of hydrogen-bond donors (Lipinski definition) is 3. The molecule has 2 aliphatic rings. The quantitative estimate of drug-likeness (QED) is 0.775. The maximum atomic E-state index is 12.1. The van der Waals surface area contributed by atoms with E-state index in [1.54, 1.807) is 6.26 Å². The smallest absolute Gasteiger partial charge is 0.315 e. The summed E-state index contributed by atoms with van der Waals surface area (Å²) in [7, 11) is 0. The van der Waals surface area contributed by atoms with Crippen LogP contribution in [0.5, 0.6) is 0 Å². The van der Waals surface area contributed by atoms with Crippen molar-refractivity contribution in [1.82, 2.24) is 15.5 Å². The molecule has 2 amide bonds. The number of carbonyl (C=O) groups is 1. The van der Waals surface area contributed by atoms with Crippen LogP contribution < -0.4 is 10.6 Å². The van der Waals surface area contributed by atoms with Crippen LogP contribution in [0.4, 0.5) is 4.79 Å². The molecule has 1 atom stereocenters. The minimum atomic E-state index is -0.199. The summed E-state index contributed by atoms with van der Waals surface area (Å²) in [5.41, 5.74) is 0. The summed E-state index contributed by atoms with van der Waals surface area (Å²) in [6.45, 7) is 2.65. The number of aliphatic hydroxyl groups is 1. The lowest BCUT2D eigenvalue weighted by molar-refractivity contribution is 0.117. The van der Waals surface area contributed by atoms with Gasteiger partial charge in [-0.1, -0.05) is 0 Å². The highest BCUT2D eigenvalue weighted by Crippen LogP contribution is 2.25. The molecule has 0 aromatic carbocycles. The molecule has 0 bridgehead atoms. The van der Waals surface area contributed by atoms with Gasteiger partial charge in [-0.3, -0.25) is 4.90 Å². The van der Waals surface area contributed by atoms with E-state index in [1.807, 2.05) is 12.1 Å². The van der Waals surface area contributed by atoms with E-state index in [1.165, 1.54) is 12.8 Å². The molecule has 2 heterocycles. The maximum absolute atomic E-state index is 12.1. The number of likely N-dealkylation sites (tertiary alicyclic amines) is 1. The third-order valence-electron chi connectivity index (χ3n) is 4.94. The Hall–Kier alpha value is -1.53. The lowest BCUT2D eigenvalue weighted by Gasteiger charge is -2.28. The summed E-state index contributed by atoms with van der Waals surface area (Å²) in [5, 5.41) is 15.5. The van der Waals surface area contributed by atoms with Gasteiger partial charge < -0.3 is 20.2 Å². The highest BCUT2D eigenvalue weighted by atomic mass is 16.3. The Morgan fingerprint density at radius 3 is 2.70 bits per heavy atom. The van der Waals surface area contributed by atoms with Crippen molar-refractivity contribution >= 4 is 6.03 Å². The molecule has 0 spiro atoms. The van der Waals surface area contributed by atoms with Crippen molar-refractivity contribution in [3.05, 3.63) is 24.2 Å². The number of nitrogens with one attached hydrogen (secondary N) is 2. The van der Waals surface area contributed by atoms with Gasteiger partial charge in [-0.25, -0.2) is 4.79 Å². The molecule has 3 N–H and O–H groups in total. The van der Waals surface area contributed by atoms with Crippen molar-refractivity contribution in [2.75, 3.05) is 19.6 Å². The third-order valence-corrected chi connectivity index (χ3v) is 4.94. The molecule has 0 radical (unpaired) electrons. The molecule has 6 heteroatoms. The molecule has 0 unspecified atom stereocenters. The zero-order valence-electron chi connectivity index (χ0n) is 13.5. The van der Waals surface area contributed by atoms with Gasteiger partial charge in [0.25, 0.3) is 0 Å². The fraction of sp³-hybridized carbons (Fsp3) is 0.706. The maximum Gasteiger partial charge on any atom is 0.315 e. The van der Waals surface area contributed by atoms with Gasteiger partial charge in [0.2, 0.25) is 0 Å². The van der Waals surface area contributed by atoms with Crippen molar-refractivity contribution in [2.24, 2.45) is 0 Å². The zero-order valence-corrected chi connectivity index (χ0v) is 13.5. The second-order valence-corrected chi connectivity index (χ2v) is 6.63. The standard InChI is InChI=1S/C17H27N3O3/c21-14-7-5-13(6-8-14)19-17(22)18-12-15(16-4-3-11-23-16)20-9-1-2-10-20/h3-4,11,13-15,21H,1-2,5-10,12H2,(H2,18,19,22)/t13?,14?,15-/m0/s1. The van der Waals surface area contributed by atoms with Crippen molar-refractivity contribution in [2.45, 2.75) is 56.7 Å². The van der Waals surface area contributed by atoms with Gasteiger partial charge in [0.05, 0.1) is 18.4 Å². The van der Waals surface area contributed by atoms with Crippen LogP contribution in [0.2, 0.25) is 0 Å². The third kappa shape index (κ3) is 4.48. The molecular weight excluding hydrogens is 294 g/mol. The average molecular weight is 321 g/mol. The lowest BCUT2D eigenvalue weighted by atomic mass is 9.93. The topological polar surface area (TPSA) is 77.7 Å². The van der Waals surface area contributed by atoms with Crippen LogP contribution in [0, 0.1) is 0 Å². The fourth-order valence-electron chi connectivity index (χ4n) is 3.59. The number of aliphatic hydroxyl groups excluding tert-OH is 1. The molecule has 1 aliphatic carbocycles. The molecule has 1 saturated heterocycles. The first-order valence-electron chi connectivity index (χ1n) is 8.72. The molecule has 2 fully saturated rings. The van der Waals surface area contributed by atoms with Gasteiger partial charge >= 0.3 is 6.03 Å². The van der Waals surface area contributed by atoms with Crippen LogP contribution in [0.1, 0.15) is 50.3 Å². The molecule has 23 heavy (non-hydrogen) atoms. The number of carbonyl (C=O) groups excluding carboxylic acids is 1. The van der Waals surface area contributed by atoms with Crippen LogP contribution in [-0.4, -0.2) is 47.8 Å². The first kappa shape index (κ1) is 16.3.